The van der Waals surface area contributed by atoms with Crippen LogP contribution in [0.4, 0.5) is 16.2 Å². The molecule has 6 nitrogen and oxygen atoms in total. The zero-order chi connectivity index (χ0) is 21.3. The molecule has 0 radical (unpaired) electrons. The summed E-state index contributed by atoms with van der Waals surface area (Å²) in [5, 5.41) is 5.60. The monoisotopic (exact) mass is 467 g/mol. The van der Waals surface area contributed by atoms with Gasteiger partial charge in [-0.3, -0.25) is 4.79 Å². The van der Waals surface area contributed by atoms with E-state index in [2.05, 4.69) is 26.6 Å². The van der Waals surface area contributed by atoms with Crippen LogP contribution >= 0.6 is 15.9 Å². The SMILES string of the molecule is CN(Cc1ccccc1Br)C(=O)Nc1cccc(OCC(=O)Nc2ccccc2)c1. The van der Waals surface area contributed by atoms with E-state index in [-0.39, 0.29) is 18.5 Å². The molecule has 0 heterocycles. The van der Waals surface area contributed by atoms with Crippen LogP contribution in [0.2, 0.25) is 0 Å². The van der Waals surface area contributed by atoms with Gasteiger partial charge in [-0.25, -0.2) is 4.79 Å². The number of carbonyl (C=O) groups is 2. The summed E-state index contributed by atoms with van der Waals surface area (Å²) in [4.78, 5) is 26.1. The van der Waals surface area contributed by atoms with Crippen LogP contribution in [0.3, 0.4) is 0 Å². The van der Waals surface area contributed by atoms with E-state index in [9.17, 15) is 9.59 Å². The molecule has 0 unspecified atom stereocenters. The smallest absolute Gasteiger partial charge is 0.321 e. The van der Waals surface area contributed by atoms with Crippen molar-refractivity contribution in [2.75, 3.05) is 24.3 Å². The van der Waals surface area contributed by atoms with Gasteiger partial charge in [-0.1, -0.05) is 58.4 Å². The molecular weight excluding hydrogens is 446 g/mol. The number of para-hydroxylation sites is 1. The van der Waals surface area contributed by atoms with Crippen LogP contribution in [-0.4, -0.2) is 30.5 Å². The van der Waals surface area contributed by atoms with E-state index in [1.165, 1.54) is 0 Å². The van der Waals surface area contributed by atoms with Crippen molar-refractivity contribution in [2.24, 2.45) is 0 Å². The summed E-state index contributed by atoms with van der Waals surface area (Å²) in [5.41, 5.74) is 2.30. The summed E-state index contributed by atoms with van der Waals surface area (Å²) in [6.45, 7) is 0.331. The predicted octanol–water partition coefficient (Wildman–Crippen LogP) is 5.13. The number of ether oxygens (including phenoxy) is 1. The third-order valence-corrected chi connectivity index (χ3v) is 5.00. The van der Waals surface area contributed by atoms with Crippen LogP contribution < -0.4 is 15.4 Å². The molecule has 3 amide bonds. The first-order chi connectivity index (χ1) is 14.5. The molecule has 0 atom stereocenters. The Balaban J connectivity index is 1.52. The lowest BCUT2D eigenvalue weighted by Gasteiger charge is -2.19. The van der Waals surface area contributed by atoms with E-state index in [1.54, 1.807) is 48.3 Å². The molecule has 0 saturated heterocycles. The highest BCUT2D eigenvalue weighted by Gasteiger charge is 2.12. The number of nitrogens with one attached hydrogen (secondary N) is 2. The molecule has 3 aromatic rings. The van der Waals surface area contributed by atoms with Gasteiger partial charge >= 0.3 is 6.03 Å². The Bertz CT molecular complexity index is 1010. The normalized spacial score (nSPS) is 10.2. The standard InChI is InChI=1S/C23H22BrN3O3/c1-27(15-17-8-5-6-13-21(17)24)23(29)26-19-11-7-12-20(14-19)30-16-22(28)25-18-9-3-2-4-10-18/h2-14H,15-16H2,1H3,(H,25,28)(H,26,29). The molecule has 0 bridgehead atoms. The van der Waals surface area contributed by atoms with Gasteiger partial charge in [0.25, 0.3) is 5.91 Å². The summed E-state index contributed by atoms with van der Waals surface area (Å²) in [5.74, 6) is 0.230. The van der Waals surface area contributed by atoms with Gasteiger partial charge in [-0.05, 0) is 35.9 Å². The van der Waals surface area contributed by atoms with Crippen LogP contribution in [0.25, 0.3) is 0 Å². The average molecular weight is 468 g/mol. The molecule has 0 aliphatic rings. The second kappa shape index (κ2) is 10.5. The van der Waals surface area contributed by atoms with Gasteiger partial charge < -0.3 is 20.3 Å². The van der Waals surface area contributed by atoms with E-state index >= 15 is 0 Å². The number of amides is 3. The van der Waals surface area contributed by atoms with Crippen LogP contribution in [0, 0.1) is 0 Å². The van der Waals surface area contributed by atoms with Gasteiger partial charge in [0.2, 0.25) is 0 Å². The van der Waals surface area contributed by atoms with E-state index < -0.39 is 0 Å². The first-order valence-electron chi connectivity index (χ1n) is 9.34. The second-order valence-corrected chi connectivity index (χ2v) is 7.46. The zero-order valence-electron chi connectivity index (χ0n) is 16.5. The van der Waals surface area contributed by atoms with Crippen LogP contribution in [-0.2, 0) is 11.3 Å². The number of carbonyl (C=O) groups excluding carboxylic acids is 2. The first-order valence-corrected chi connectivity index (χ1v) is 10.1. The van der Waals surface area contributed by atoms with E-state index in [4.69, 9.17) is 4.74 Å². The van der Waals surface area contributed by atoms with Crippen molar-refractivity contribution in [3.8, 4) is 5.75 Å². The first kappa shape index (κ1) is 21.4. The average Bonchev–Trinajstić information content (AvgIpc) is 2.75. The van der Waals surface area contributed by atoms with Crippen molar-refractivity contribution in [1.29, 1.82) is 0 Å². The van der Waals surface area contributed by atoms with E-state index in [0.717, 1.165) is 10.0 Å². The van der Waals surface area contributed by atoms with Crippen LogP contribution in [0.5, 0.6) is 5.75 Å². The Hall–Kier alpha value is -3.32. The Kier molecular flexibility index (Phi) is 7.45. The lowest BCUT2D eigenvalue weighted by molar-refractivity contribution is -0.118. The summed E-state index contributed by atoms with van der Waals surface area (Å²) >= 11 is 3.49. The highest BCUT2D eigenvalue weighted by Crippen LogP contribution is 2.20. The van der Waals surface area contributed by atoms with Crippen LogP contribution in [0.1, 0.15) is 5.56 Å². The van der Waals surface area contributed by atoms with Gasteiger partial charge in [0.05, 0.1) is 0 Å². The minimum absolute atomic E-state index is 0.131. The topological polar surface area (TPSA) is 70.7 Å². The predicted molar refractivity (Wildman–Crippen MR) is 122 cm³/mol. The molecule has 0 fully saturated rings. The molecule has 0 aromatic heterocycles. The Morgan fingerprint density at radius 1 is 0.900 bits per heavy atom. The van der Waals surface area contributed by atoms with Crippen molar-refractivity contribution in [2.45, 2.75) is 6.54 Å². The molecule has 2 N–H and O–H groups in total. The minimum Gasteiger partial charge on any atom is -0.484 e. The lowest BCUT2D eigenvalue weighted by Crippen LogP contribution is -2.30. The Morgan fingerprint density at radius 2 is 1.60 bits per heavy atom. The van der Waals surface area contributed by atoms with Crippen molar-refractivity contribution in [3.63, 3.8) is 0 Å². The lowest BCUT2D eigenvalue weighted by atomic mass is 10.2. The maximum absolute atomic E-state index is 12.5. The molecule has 0 spiro atoms. The van der Waals surface area contributed by atoms with Crippen molar-refractivity contribution >= 4 is 39.2 Å². The molecule has 3 aromatic carbocycles. The fourth-order valence-electron chi connectivity index (χ4n) is 2.70. The highest BCUT2D eigenvalue weighted by molar-refractivity contribution is 9.10. The van der Waals surface area contributed by atoms with Crippen molar-refractivity contribution < 1.29 is 14.3 Å². The Morgan fingerprint density at radius 3 is 2.37 bits per heavy atom. The molecule has 0 aliphatic heterocycles. The molecule has 30 heavy (non-hydrogen) atoms. The summed E-state index contributed by atoms with van der Waals surface area (Å²) < 4.78 is 6.50. The van der Waals surface area contributed by atoms with Crippen LogP contribution in [0.15, 0.2) is 83.3 Å². The summed E-state index contributed by atoms with van der Waals surface area (Å²) in [7, 11) is 1.73. The van der Waals surface area contributed by atoms with Gasteiger partial charge in [0.1, 0.15) is 5.75 Å². The summed E-state index contributed by atoms with van der Waals surface area (Å²) in [6.07, 6.45) is 0. The number of benzene rings is 3. The number of anilines is 2. The zero-order valence-corrected chi connectivity index (χ0v) is 18.1. The second-order valence-electron chi connectivity index (χ2n) is 6.61. The van der Waals surface area contributed by atoms with Gasteiger partial charge in [0, 0.05) is 35.5 Å². The Labute approximate surface area is 184 Å². The quantitative estimate of drug-likeness (QED) is 0.505. The third-order valence-electron chi connectivity index (χ3n) is 4.22. The van der Waals surface area contributed by atoms with Crippen molar-refractivity contribution in [1.82, 2.24) is 4.90 Å². The fourth-order valence-corrected chi connectivity index (χ4v) is 3.11. The number of hydrogen-bond donors (Lipinski definition) is 2. The van der Waals surface area contributed by atoms with Gasteiger partial charge in [-0.15, -0.1) is 0 Å². The van der Waals surface area contributed by atoms with E-state index in [1.807, 2.05) is 42.5 Å². The maximum atomic E-state index is 12.5. The highest BCUT2D eigenvalue weighted by atomic mass is 79.9. The third kappa shape index (κ3) is 6.35. The van der Waals surface area contributed by atoms with E-state index in [0.29, 0.717) is 23.7 Å². The van der Waals surface area contributed by atoms with Gasteiger partial charge in [0.15, 0.2) is 6.61 Å². The number of urea groups is 1. The molecule has 7 heteroatoms. The molecule has 0 saturated carbocycles. The molecule has 0 aliphatic carbocycles. The number of hydrogen-bond acceptors (Lipinski definition) is 3. The van der Waals surface area contributed by atoms with Gasteiger partial charge in [-0.2, -0.15) is 0 Å². The molecular formula is C23H22BrN3O3. The van der Waals surface area contributed by atoms with Crippen molar-refractivity contribution in [3.05, 3.63) is 88.9 Å². The number of halogens is 1. The fraction of sp³-hybridized carbons (Fsp3) is 0.130. The number of rotatable bonds is 7. The maximum Gasteiger partial charge on any atom is 0.321 e. The number of nitrogens with zero attached hydrogens (tertiary/aromatic N) is 1. The summed E-state index contributed by atoms with van der Waals surface area (Å²) in [6, 6.07) is 23.6. The minimum atomic E-state index is -0.260. The molecule has 3 rings (SSSR count). The largest absolute Gasteiger partial charge is 0.484 e. The molecule has 154 valence electrons.